The number of ether oxygens (including phenoxy) is 1. The Morgan fingerprint density at radius 3 is 2.59 bits per heavy atom. The van der Waals surface area contributed by atoms with Crippen molar-refractivity contribution in [3.05, 3.63) is 29.3 Å². The zero-order valence-corrected chi connectivity index (χ0v) is 11.6. The summed E-state index contributed by atoms with van der Waals surface area (Å²) >= 11 is 6.05. The number of benzene rings is 1. The summed E-state index contributed by atoms with van der Waals surface area (Å²) < 4.78 is 5.78. The Balaban J connectivity index is 2.54. The van der Waals surface area contributed by atoms with Crippen LogP contribution < -0.4 is 10.1 Å². The minimum atomic E-state index is 0.376. The monoisotopic (exact) mass is 255 g/mol. The van der Waals surface area contributed by atoms with Gasteiger partial charge in [-0.05, 0) is 24.6 Å². The summed E-state index contributed by atoms with van der Waals surface area (Å²) in [5, 5.41) is 4.13. The molecule has 2 atom stereocenters. The van der Waals surface area contributed by atoms with Gasteiger partial charge in [-0.3, -0.25) is 0 Å². The molecule has 96 valence electrons. The van der Waals surface area contributed by atoms with Crippen molar-refractivity contribution >= 4 is 11.6 Å². The van der Waals surface area contributed by atoms with E-state index in [2.05, 4.69) is 26.1 Å². The second-order valence-corrected chi connectivity index (χ2v) is 4.70. The van der Waals surface area contributed by atoms with Crippen molar-refractivity contribution in [1.29, 1.82) is 0 Å². The van der Waals surface area contributed by atoms with Gasteiger partial charge in [-0.15, -0.1) is 0 Å². The van der Waals surface area contributed by atoms with Crippen molar-refractivity contribution < 1.29 is 4.74 Å². The number of halogens is 1. The van der Waals surface area contributed by atoms with E-state index in [4.69, 9.17) is 16.3 Å². The van der Waals surface area contributed by atoms with E-state index in [1.54, 1.807) is 0 Å². The van der Waals surface area contributed by atoms with E-state index in [1.165, 1.54) is 0 Å². The molecular weight excluding hydrogens is 234 g/mol. The molecule has 1 aromatic carbocycles. The van der Waals surface area contributed by atoms with Gasteiger partial charge in [0.15, 0.2) is 0 Å². The van der Waals surface area contributed by atoms with Crippen LogP contribution in [-0.2, 0) is 0 Å². The largest absolute Gasteiger partial charge is 0.490 e. The molecule has 1 N–H and O–H groups in total. The van der Waals surface area contributed by atoms with Crippen LogP contribution in [0.3, 0.4) is 0 Å². The number of rotatable bonds is 7. The molecule has 0 bridgehead atoms. The highest BCUT2D eigenvalue weighted by atomic mass is 35.5. The third kappa shape index (κ3) is 4.57. The number of likely N-dealkylation sites (N-methyl/N-ethyl adjacent to an activating group) is 1. The summed E-state index contributed by atoms with van der Waals surface area (Å²) in [6.45, 7) is 8.17. The Hall–Kier alpha value is -0.730. The van der Waals surface area contributed by atoms with Crippen molar-refractivity contribution in [3.8, 4) is 5.75 Å². The van der Waals surface area contributed by atoms with E-state index in [9.17, 15) is 0 Å². The Morgan fingerprint density at radius 1 is 1.29 bits per heavy atom. The van der Waals surface area contributed by atoms with E-state index in [0.717, 1.165) is 18.7 Å². The number of hydrogen-bond acceptors (Lipinski definition) is 2. The molecule has 2 nitrogen and oxygen atoms in total. The summed E-state index contributed by atoms with van der Waals surface area (Å²) in [6, 6.07) is 7.98. The third-order valence-corrected chi connectivity index (χ3v) is 3.36. The predicted molar refractivity (Wildman–Crippen MR) is 73.9 cm³/mol. The molecule has 0 fully saturated rings. The number of para-hydroxylation sites is 1. The molecule has 0 aliphatic rings. The van der Waals surface area contributed by atoms with E-state index in [-0.39, 0.29) is 0 Å². The zero-order valence-electron chi connectivity index (χ0n) is 10.9. The van der Waals surface area contributed by atoms with Gasteiger partial charge < -0.3 is 10.1 Å². The Morgan fingerprint density at radius 2 is 2.00 bits per heavy atom. The second kappa shape index (κ2) is 7.57. The van der Waals surface area contributed by atoms with Crippen molar-refractivity contribution in [2.24, 2.45) is 5.92 Å². The quantitative estimate of drug-likeness (QED) is 0.801. The molecule has 0 heterocycles. The predicted octanol–water partition coefficient (Wildman–Crippen LogP) is 3.74. The average molecular weight is 256 g/mol. The number of nitrogens with one attached hydrogen (secondary N) is 1. The SMILES string of the molecule is CCNC(COc1ccccc1Cl)C(C)CC. The van der Waals surface area contributed by atoms with Gasteiger partial charge in [0.25, 0.3) is 0 Å². The molecular formula is C14H22ClNO. The van der Waals surface area contributed by atoms with Gasteiger partial charge >= 0.3 is 0 Å². The van der Waals surface area contributed by atoms with Crippen LogP contribution in [0.1, 0.15) is 27.2 Å². The molecule has 0 saturated heterocycles. The summed E-state index contributed by atoms with van der Waals surface area (Å²) in [7, 11) is 0. The maximum absolute atomic E-state index is 6.05. The van der Waals surface area contributed by atoms with Crippen LogP contribution in [0.25, 0.3) is 0 Å². The maximum atomic E-state index is 6.05. The molecule has 2 unspecified atom stereocenters. The topological polar surface area (TPSA) is 21.3 Å². The molecule has 0 saturated carbocycles. The molecule has 17 heavy (non-hydrogen) atoms. The molecule has 0 aliphatic heterocycles. The van der Waals surface area contributed by atoms with Crippen molar-refractivity contribution in [1.82, 2.24) is 5.32 Å². The molecule has 1 aromatic rings. The zero-order chi connectivity index (χ0) is 12.7. The molecule has 0 radical (unpaired) electrons. The first-order valence-electron chi connectivity index (χ1n) is 6.29. The number of hydrogen-bond donors (Lipinski definition) is 1. The van der Waals surface area contributed by atoms with E-state index >= 15 is 0 Å². The Bertz CT molecular complexity index is 330. The van der Waals surface area contributed by atoms with Crippen LogP contribution in [0.2, 0.25) is 5.02 Å². The lowest BCUT2D eigenvalue weighted by Crippen LogP contribution is -2.39. The molecule has 1 rings (SSSR count). The lowest BCUT2D eigenvalue weighted by Gasteiger charge is -2.24. The highest BCUT2D eigenvalue weighted by Gasteiger charge is 2.15. The first-order valence-corrected chi connectivity index (χ1v) is 6.67. The standard InChI is InChI=1S/C14H22ClNO/c1-4-11(3)13(16-5-2)10-17-14-9-7-6-8-12(14)15/h6-9,11,13,16H,4-5,10H2,1-3H3. The smallest absolute Gasteiger partial charge is 0.137 e. The second-order valence-electron chi connectivity index (χ2n) is 4.29. The van der Waals surface area contributed by atoms with E-state index in [1.807, 2.05) is 24.3 Å². The molecule has 0 amide bonds. The third-order valence-electron chi connectivity index (χ3n) is 3.05. The van der Waals surface area contributed by atoms with Crippen LogP contribution in [0.15, 0.2) is 24.3 Å². The first kappa shape index (κ1) is 14.3. The first-order chi connectivity index (χ1) is 8.19. The minimum Gasteiger partial charge on any atom is -0.490 e. The minimum absolute atomic E-state index is 0.376. The summed E-state index contributed by atoms with van der Waals surface area (Å²) in [5.74, 6) is 1.36. The fraction of sp³-hybridized carbons (Fsp3) is 0.571. The lowest BCUT2D eigenvalue weighted by atomic mass is 10.00. The maximum Gasteiger partial charge on any atom is 0.137 e. The van der Waals surface area contributed by atoms with Gasteiger partial charge in [0.05, 0.1) is 5.02 Å². The van der Waals surface area contributed by atoms with Crippen molar-refractivity contribution in [2.45, 2.75) is 33.2 Å². The van der Waals surface area contributed by atoms with Gasteiger partial charge in [0.1, 0.15) is 12.4 Å². The van der Waals surface area contributed by atoms with Crippen LogP contribution in [-0.4, -0.2) is 19.2 Å². The lowest BCUT2D eigenvalue weighted by molar-refractivity contribution is 0.222. The fourth-order valence-electron chi connectivity index (χ4n) is 1.71. The van der Waals surface area contributed by atoms with Crippen LogP contribution in [0.5, 0.6) is 5.75 Å². The Labute approximate surface area is 109 Å². The van der Waals surface area contributed by atoms with E-state index in [0.29, 0.717) is 23.6 Å². The van der Waals surface area contributed by atoms with Crippen LogP contribution in [0.4, 0.5) is 0 Å². The fourth-order valence-corrected chi connectivity index (χ4v) is 1.90. The molecule has 0 spiro atoms. The van der Waals surface area contributed by atoms with Gasteiger partial charge in [-0.25, -0.2) is 0 Å². The van der Waals surface area contributed by atoms with Crippen molar-refractivity contribution in [2.75, 3.05) is 13.2 Å². The van der Waals surface area contributed by atoms with Gasteiger partial charge in [-0.2, -0.15) is 0 Å². The highest BCUT2D eigenvalue weighted by molar-refractivity contribution is 6.32. The molecule has 0 aliphatic carbocycles. The Kier molecular flexibility index (Phi) is 6.38. The highest BCUT2D eigenvalue weighted by Crippen LogP contribution is 2.23. The van der Waals surface area contributed by atoms with Crippen LogP contribution in [0, 0.1) is 5.92 Å². The average Bonchev–Trinajstić information content (AvgIpc) is 2.35. The van der Waals surface area contributed by atoms with E-state index < -0.39 is 0 Å². The van der Waals surface area contributed by atoms with Gasteiger partial charge in [0.2, 0.25) is 0 Å². The summed E-state index contributed by atoms with van der Waals surface area (Å²) in [4.78, 5) is 0. The van der Waals surface area contributed by atoms with Crippen molar-refractivity contribution in [3.63, 3.8) is 0 Å². The summed E-state index contributed by atoms with van der Waals surface area (Å²) in [5.41, 5.74) is 0. The van der Waals surface area contributed by atoms with Gasteiger partial charge in [0, 0.05) is 6.04 Å². The molecule has 3 heteroatoms. The normalized spacial score (nSPS) is 14.4. The molecule has 0 aromatic heterocycles. The summed E-state index contributed by atoms with van der Waals surface area (Å²) in [6.07, 6.45) is 1.14. The van der Waals surface area contributed by atoms with Gasteiger partial charge in [-0.1, -0.05) is 50.9 Å². The van der Waals surface area contributed by atoms with Crippen LogP contribution >= 0.6 is 11.6 Å².